The van der Waals surface area contributed by atoms with Crippen molar-refractivity contribution in [2.24, 2.45) is 5.92 Å². The number of hydrogen-bond acceptors (Lipinski definition) is 3. The van der Waals surface area contributed by atoms with Crippen molar-refractivity contribution in [3.8, 4) is 0 Å². The average molecular weight is 277 g/mol. The first kappa shape index (κ1) is 13.9. The van der Waals surface area contributed by atoms with E-state index in [4.69, 9.17) is 9.52 Å². The molecule has 4 nitrogen and oxygen atoms in total. The third kappa shape index (κ3) is 3.50. The van der Waals surface area contributed by atoms with Gasteiger partial charge in [0.25, 0.3) is 0 Å². The molecule has 0 amide bonds. The predicted octanol–water partition coefficient (Wildman–Crippen LogP) is 2.75. The first-order valence-electron chi connectivity index (χ1n) is 5.96. The summed E-state index contributed by atoms with van der Waals surface area (Å²) in [6, 6.07) is 1.40. The Morgan fingerprint density at radius 2 is 2.05 bits per heavy atom. The molecule has 0 saturated carbocycles. The smallest absolute Gasteiger partial charge is 0.391 e. The van der Waals surface area contributed by atoms with Crippen LogP contribution in [0.15, 0.2) is 16.7 Å². The Labute approximate surface area is 107 Å². The Morgan fingerprint density at radius 3 is 2.53 bits per heavy atom. The number of carbonyl (C=O) groups is 1. The van der Waals surface area contributed by atoms with Gasteiger partial charge in [0.15, 0.2) is 0 Å². The first-order valence-corrected chi connectivity index (χ1v) is 5.96. The largest absolute Gasteiger partial charge is 0.478 e. The van der Waals surface area contributed by atoms with Crippen LogP contribution in [-0.4, -0.2) is 35.2 Å². The number of hydrogen-bond donors (Lipinski definition) is 1. The zero-order chi connectivity index (χ0) is 14.0. The van der Waals surface area contributed by atoms with Gasteiger partial charge in [-0.3, -0.25) is 4.90 Å². The number of carboxylic acid groups (broad SMARTS) is 1. The molecule has 1 fully saturated rings. The molecule has 0 aromatic carbocycles. The fourth-order valence-corrected chi connectivity index (χ4v) is 2.21. The van der Waals surface area contributed by atoms with Gasteiger partial charge in [0, 0.05) is 0 Å². The third-order valence-corrected chi connectivity index (χ3v) is 3.33. The van der Waals surface area contributed by atoms with E-state index in [0.717, 1.165) is 6.26 Å². The standard InChI is InChI=1S/C12H14F3NO3/c13-12(14,15)9-1-3-16(4-2-9)6-10-5-8(7-19-10)11(17)18/h5,7,9H,1-4,6H2,(H,17,18). The molecule has 1 saturated heterocycles. The summed E-state index contributed by atoms with van der Waals surface area (Å²) >= 11 is 0. The molecule has 0 unspecified atom stereocenters. The van der Waals surface area contributed by atoms with Gasteiger partial charge in [-0.05, 0) is 32.0 Å². The molecule has 0 atom stereocenters. The molecule has 1 aliphatic heterocycles. The highest BCUT2D eigenvalue weighted by atomic mass is 19.4. The van der Waals surface area contributed by atoms with Crippen molar-refractivity contribution in [2.75, 3.05) is 13.1 Å². The number of rotatable bonds is 3. The number of alkyl halides is 3. The summed E-state index contributed by atoms with van der Waals surface area (Å²) in [5, 5.41) is 8.73. The van der Waals surface area contributed by atoms with Crippen molar-refractivity contribution in [1.82, 2.24) is 4.90 Å². The van der Waals surface area contributed by atoms with Crippen LogP contribution in [0.4, 0.5) is 13.2 Å². The quantitative estimate of drug-likeness (QED) is 0.923. The van der Waals surface area contributed by atoms with Gasteiger partial charge in [0.05, 0.1) is 18.0 Å². The molecule has 2 heterocycles. The van der Waals surface area contributed by atoms with E-state index in [-0.39, 0.29) is 18.4 Å². The summed E-state index contributed by atoms with van der Waals surface area (Å²) in [5.74, 6) is -1.84. The highest BCUT2D eigenvalue weighted by Gasteiger charge is 2.41. The van der Waals surface area contributed by atoms with Crippen LogP contribution < -0.4 is 0 Å². The van der Waals surface area contributed by atoms with Crippen LogP contribution >= 0.6 is 0 Å². The van der Waals surface area contributed by atoms with E-state index in [1.807, 2.05) is 4.90 Å². The minimum Gasteiger partial charge on any atom is -0.478 e. The average Bonchev–Trinajstić information content (AvgIpc) is 2.77. The molecule has 0 aliphatic carbocycles. The topological polar surface area (TPSA) is 53.7 Å². The summed E-state index contributed by atoms with van der Waals surface area (Å²) in [6.07, 6.45) is -2.82. The van der Waals surface area contributed by atoms with E-state index in [1.54, 1.807) is 0 Å². The number of halogens is 3. The first-order chi connectivity index (χ1) is 8.86. The number of piperidine rings is 1. The molecule has 1 aromatic heterocycles. The van der Waals surface area contributed by atoms with Gasteiger partial charge in [-0.2, -0.15) is 13.2 Å². The van der Waals surface area contributed by atoms with Crippen LogP contribution in [0.5, 0.6) is 0 Å². The maximum Gasteiger partial charge on any atom is 0.391 e. The van der Waals surface area contributed by atoms with Crippen LogP contribution in [-0.2, 0) is 6.54 Å². The zero-order valence-electron chi connectivity index (χ0n) is 10.1. The minimum absolute atomic E-state index is 0.0557. The highest BCUT2D eigenvalue weighted by Crippen LogP contribution is 2.34. The lowest BCUT2D eigenvalue weighted by molar-refractivity contribution is -0.185. The zero-order valence-corrected chi connectivity index (χ0v) is 10.1. The van der Waals surface area contributed by atoms with Gasteiger partial charge in [0.1, 0.15) is 12.0 Å². The van der Waals surface area contributed by atoms with E-state index in [9.17, 15) is 18.0 Å². The lowest BCUT2D eigenvalue weighted by Crippen LogP contribution is -2.38. The third-order valence-electron chi connectivity index (χ3n) is 3.33. The van der Waals surface area contributed by atoms with Gasteiger partial charge >= 0.3 is 12.1 Å². The fourth-order valence-electron chi connectivity index (χ4n) is 2.21. The molecule has 1 aromatic rings. The van der Waals surface area contributed by atoms with Crippen LogP contribution in [0, 0.1) is 5.92 Å². The van der Waals surface area contributed by atoms with Crippen molar-refractivity contribution in [3.63, 3.8) is 0 Å². The Morgan fingerprint density at radius 1 is 1.42 bits per heavy atom. The van der Waals surface area contributed by atoms with E-state index < -0.39 is 18.1 Å². The van der Waals surface area contributed by atoms with E-state index in [2.05, 4.69) is 0 Å². The summed E-state index contributed by atoms with van der Waals surface area (Å²) < 4.78 is 42.5. The lowest BCUT2D eigenvalue weighted by Gasteiger charge is -2.32. The monoisotopic (exact) mass is 277 g/mol. The predicted molar refractivity (Wildman–Crippen MR) is 59.7 cm³/mol. The Bertz CT molecular complexity index is 447. The maximum atomic E-state index is 12.5. The molecule has 19 heavy (non-hydrogen) atoms. The van der Waals surface area contributed by atoms with Gasteiger partial charge in [0.2, 0.25) is 0 Å². The van der Waals surface area contributed by atoms with Gasteiger partial charge in [-0.25, -0.2) is 4.79 Å². The fraction of sp³-hybridized carbons (Fsp3) is 0.583. The lowest BCUT2D eigenvalue weighted by atomic mass is 9.96. The van der Waals surface area contributed by atoms with Crippen molar-refractivity contribution in [3.05, 3.63) is 23.7 Å². The van der Waals surface area contributed by atoms with Crippen molar-refractivity contribution >= 4 is 5.97 Å². The van der Waals surface area contributed by atoms with Crippen LogP contribution in [0.25, 0.3) is 0 Å². The summed E-state index contributed by atoms with van der Waals surface area (Å²) in [7, 11) is 0. The molecule has 0 spiro atoms. The van der Waals surface area contributed by atoms with Crippen LogP contribution in [0.1, 0.15) is 29.0 Å². The number of furan rings is 1. The van der Waals surface area contributed by atoms with Gasteiger partial charge < -0.3 is 9.52 Å². The Kier molecular flexibility index (Phi) is 3.84. The molecule has 0 radical (unpaired) electrons. The second-order valence-corrected chi connectivity index (χ2v) is 4.70. The van der Waals surface area contributed by atoms with E-state index in [1.165, 1.54) is 6.07 Å². The molecule has 1 N–H and O–H groups in total. The van der Waals surface area contributed by atoms with Gasteiger partial charge in [-0.1, -0.05) is 0 Å². The Balaban J connectivity index is 1.87. The molecule has 1 aliphatic rings. The SMILES string of the molecule is O=C(O)c1coc(CN2CCC(C(F)(F)F)CC2)c1. The van der Waals surface area contributed by atoms with Crippen LogP contribution in [0.3, 0.4) is 0 Å². The van der Waals surface area contributed by atoms with E-state index in [0.29, 0.717) is 25.4 Å². The number of aromatic carboxylic acids is 1. The summed E-state index contributed by atoms with van der Waals surface area (Å²) in [5.41, 5.74) is 0.0557. The highest BCUT2D eigenvalue weighted by molar-refractivity contribution is 5.87. The molecule has 106 valence electrons. The van der Waals surface area contributed by atoms with Crippen LogP contribution in [0.2, 0.25) is 0 Å². The molecular formula is C12H14F3NO3. The number of carboxylic acids is 1. The van der Waals surface area contributed by atoms with E-state index >= 15 is 0 Å². The molecule has 0 bridgehead atoms. The maximum absolute atomic E-state index is 12.5. The van der Waals surface area contributed by atoms with Crippen molar-refractivity contribution in [1.29, 1.82) is 0 Å². The second kappa shape index (κ2) is 5.24. The Hall–Kier alpha value is -1.50. The molecular weight excluding hydrogens is 263 g/mol. The van der Waals surface area contributed by atoms with Gasteiger partial charge in [-0.15, -0.1) is 0 Å². The van der Waals surface area contributed by atoms with Crippen molar-refractivity contribution in [2.45, 2.75) is 25.6 Å². The molecule has 7 heteroatoms. The number of nitrogens with zero attached hydrogens (tertiary/aromatic N) is 1. The number of likely N-dealkylation sites (tertiary alicyclic amines) is 1. The second-order valence-electron chi connectivity index (χ2n) is 4.70. The minimum atomic E-state index is -4.12. The van der Waals surface area contributed by atoms with Crippen molar-refractivity contribution < 1.29 is 27.5 Å². The summed E-state index contributed by atoms with van der Waals surface area (Å²) in [6.45, 7) is 1.03. The normalized spacial score (nSPS) is 18.7. The molecule has 2 rings (SSSR count). The summed E-state index contributed by atoms with van der Waals surface area (Å²) in [4.78, 5) is 12.5.